The lowest BCUT2D eigenvalue weighted by molar-refractivity contribution is -0.0375. The van der Waals surface area contributed by atoms with E-state index in [1.165, 1.54) is 6.26 Å². The Morgan fingerprint density at radius 1 is 1.41 bits per heavy atom. The Kier molecular flexibility index (Phi) is 4.92. The highest BCUT2D eigenvalue weighted by atomic mass is 32.2. The predicted molar refractivity (Wildman–Crippen MR) is 65.4 cm³/mol. The Labute approximate surface area is 103 Å². The number of sulfone groups is 1. The molecule has 0 aromatic heterocycles. The van der Waals surface area contributed by atoms with Crippen LogP contribution < -0.4 is 0 Å². The molecule has 5 nitrogen and oxygen atoms in total. The van der Waals surface area contributed by atoms with Gasteiger partial charge < -0.3 is 9.64 Å². The number of rotatable bonds is 5. The number of hydrogen-bond acceptors (Lipinski definition) is 5. The van der Waals surface area contributed by atoms with Crippen LogP contribution in [0.4, 0.5) is 0 Å². The molecule has 1 aliphatic rings. The highest BCUT2D eigenvalue weighted by Crippen LogP contribution is 2.25. The van der Waals surface area contributed by atoms with Gasteiger partial charge in [-0.2, -0.15) is 5.26 Å². The Morgan fingerprint density at radius 2 is 2.00 bits per heavy atom. The molecule has 0 aromatic rings. The maximum atomic E-state index is 11.1. The van der Waals surface area contributed by atoms with Crippen molar-refractivity contribution in [1.29, 1.82) is 5.26 Å². The van der Waals surface area contributed by atoms with E-state index >= 15 is 0 Å². The monoisotopic (exact) mass is 260 g/mol. The van der Waals surface area contributed by atoms with Crippen molar-refractivity contribution in [2.75, 3.05) is 38.2 Å². The number of nitriles is 1. The molecule has 0 saturated carbocycles. The second-order valence-electron chi connectivity index (χ2n) is 4.51. The minimum atomic E-state index is -2.91. The maximum absolute atomic E-state index is 11.1. The maximum Gasteiger partial charge on any atom is 0.156 e. The fourth-order valence-corrected chi connectivity index (χ4v) is 2.59. The summed E-state index contributed by atoms with van der Waals surface area (Å²) < 4.78 is 27.6. The second kappa shape index (κ2) is 5.80. The van der Waals surface area contributed by atoms with Crippen molar-refractivity contribution in [2.24, 2.45) is 0 Å². The van der Waals surface area contributed by atoms with Gasteiger partial charge in [-0.05, 0) is 6.92 Å². The highest BCUT2D eigenvalue weighted by Gasteiger charge is 2.35. The van der Waals surface area contributed by atoms with E-state index in [0.29, 0.717) is 26.0 Å². The molecule has 17 heavy (non-hydrogen) atoms. The van der Waals surface area contributed by atoms with Gasteiger partial charge in [0.15, 0.2) is 5.60 Å². The molecule has 98 valence electrons. The number of ether oxygens (including phenoxy) is 1. The van der Waals surface area contributed by atoms with E-state index in [9.17, 15) is 8.42 Å². The van der Waals surface area contributed by atoms with Crippen LogP contribution in [0, 0.1) is 11.3 Å². The van der Waals surface area contributed by atoms with E-state index in [1.54, 1.807) is 0 Å². The van der Waals surface area contributed by atoms with Crippen molar-refractivity contribution in [3.05, 3.63) is 0 Å². The van der Waals surface area contributed by atoms with Gasteiger partial charge in [0.05, 0.1) is 11.8 Å². The van der Waals surface area contributed by atoms with Gasteiger partial charge in [-0.1, -0.05) is 0 Å². The van der Waals surface area contributed by atoms with E-state index in [1.807, 2.05) is 6.92 Å². The number of hydrogen-bond donors (Lipinski definition) is 0. The SMILES string of the molecule is CCOC1(C#N)CCN(CCS(C)(=O)=O)CC1. The molecule has 0 unspecified atom stereocenters. The lowest BCUT2D eigenvalue weighted by Gasteiger charge is -2.36. The first-order valence-electron chi connectivity index (χ1n) is 5.86. The van der Waals surface area contributed by atoms with Crippen LogP contribution in [0.25, 0.3) is 0 Å². The van der Waals surface area contributed by atoms with Crippen molar-refractivity contribution in [1.82, 2.24) is 4.90 Å². The highest BCUT2D eigenvalue weighted by molar-refractivity contribution is 7.90. The molecule has 1 saturated heterocycles. The zero-order valence-corrected chi connectivity index (χ0v) is 11.3. The van der Waals surface area contributed by atoms with Crippen molar-refractivity contribution in [3.8, 4) is 6.07 Å². The summed E-state index contributed by atoms with van der Waals surface area (Å²) in [6.07, 6.45) is 2.55. The molecule has 1 rings (SSSR count). The quantitative estimate of drug-likeness (QED) is 0.716. The Hall–Kier alpha value is -0.640. The Balaban J connectivity index is 2.43. The standard InChI is InChI=1S/C11H20N2O3S/c1-3-16-11(10-12)4-6-13(7-5-11)8-9-17(2,14)15/h3-9H2,1-2H3. The summed E-state index contributed by atoms with van der Waals surface area (Å²) in [5.74, 6) is 0.182. The molecule has 0 N–H and O–H groups in total. The van der Waals surface area contributed by atoms with Gasteiger partial charge in [0, 0.05) is 45.3 Å². The summed E-state index contributed by atoms with van der Waals surface area (Å²) >= 11 is 0. The summed E-state index contributed by atoms with van der Waals surface area (Å²) in [6, 6.07) is 2.24. The third-order valence-corrected chi connectivity index (χ3v) is 3.99. The van der Waals surface area contributed by atoms with Gasteiger partial charge >= 0.3 is 0 Å². The molecule has 0 bridgehead atoms. The van der Waals surface area contributed by atoms with E-state index in [0.717, 1.165) is 13.1 Å². The smallest absolute Gasteiger partial charge is 0.156 e. The lowest BCUT2D eigenvalue weighted by atomic mass is 9.93. The predicted octanol–water partition coefficient (Wildman–Crippen LogP) is 0.426. The van der Waals surface area contributed by atoms with E-state index in [2.05, 4.69) is 11.0 Å². The average Bonchev–Trinajstić information content (AvgIpc) is 2.27. The largest absolute Gasteiger partial charge is 0.360 e. The zero-order chi connectivity index (χ0) is 12.9. The number of likely N-dealkylation sites (tertiary alicyclic amines) is 1. The first-order chi connectivity index (χ1) is 7.91. The topological polar surface area (TPSA) is 70.4 Å². The normalized spacial score (nSPS) is 21.0. The van der Waals surface area contributed by atoms with Crippen LogP contribution in [0.2, 0.25) is 0 Å². The molecule has 0 atom stereocenters. The van der Waals surface area contributed by atoms with E-state index in [4.69, 9.17) is 10.00 Å². The second-order valence-corrected chi connectivity index (χ2v) is 6.77. The van der Waals surface area contributed by atoms with Gasteiger partial charge in [-0.3, -0.25) is 0 Å². The fourth-order valence-electron chi connectivity index (χ4n) is 2.00. The van der Waals surface area contributed by atoms with Crippen molar-refractivity contribution in [3.63, 3.8) is 0 Å². The molecule has 0 aromatic carbocycles. The molecule has 0 amide bonds. The van der Waals surface area contributed by atoms with Gasteiger partial charge in [0.25, 0.3) is 0 Å². The third kappa shape index (κ3) is 4.62. The van der Waals surface area contributed by atoms with Crippen LogP contribution in [-0.2, 0) is 14.6 Å². The molecule has 0 spiro atoms. The van der Waals surface area contributed by atoms with Crippen molar-refractivity contribution < 1.29 is 13.2 Å². The third-order valence-electron chi connectivity index (χ3n) is 3.07. The Morgan fingerprint density at radius 3 is 2.41 bits per heavy atom. The molecule has 6 heteroatoms. The van der Waals surface area contributed by atoms with E-state index < -0.39 is 15.4 Å². The fraction of sp³-hybridized carbons (Fsp3) is 0.909. The molecule has 0 radical (unpaired) electrons. The molecule has 1 fully saturated rings. The average molecular weight is 260 g/mol. The van der Waals surface area contributed by atoms with Gasteiger partial charge in [0.2, 0.25) is 0 Å². The number of piperidine rings is 1. The van der Waals surface area contributed by atoms with Crippen molar-refractivity contribution >= 4 is 9.84 Å². The van der Waals surface area contributed by atoms with E-state index in [-0.39, 0.29) is 5.75 Å². The zero-order valence-electron chi connectivity index (χ0n) is 10.5. The minimum Gasteiger partial charge on any atom is -0.360 e. The molecular weight excluding hydrogens is 240 g/mol. The van der Waals surface area contributed by atoms with Crippen LogP contribution in [0.3, 0.4) is 0 Å². The first-order valence-corrected chi connectivity index (χ1v) is 7.92. The first kappa shape index (κ1) is 14.4. The van der Waals surface area contributed by atoms with Crippen LogP contribution in [0.15, 0.2) is 0 Å². The van der Waals surface area contributed by atoms with Crippen LogP contribution >= 0.6 is 0 Å². The summed E-state index contributed by atoms with van der Waals surface area (Å²) in [6.45, 7) is 4.42. The van der Waals surface area contributed by atoms with Gasteiger partial charge in [-0.15, -0.1) is 0 Å². The van der Waals surface area contributed by atoms with Crippen LogP contribution in [0.5, 0.6) is 0 Å². The summed E-state index contributed by atoms with van der Waals surface area (Å²) in [7, 11) is -2.91. The van der Waals surface area contributed by atoms with Gasteiger partial charge in [-0.25, -0.2) is 8.42 Å². The molecule has 0 aliphatic carbocycles. The number of nitrogens with zero attached hydrogens (tertiary/aromatic N) is 2. The van der Waals surface area contributed by atoms with Crippen molar-refractivity contribution in [2.45, 2.75) is 25.4 Å². The van der Waals surface area contributed by atoms with Crippen LogP contribution in [-0.4, -0.2) is 57.2 Å². The summed E-state index contributed by atoms with van der Waals surface area (Å²) in [5.41, 5.74) is -0.656. The Bertz CT molecular complexity index is 378. The summed E-state index contributed by atoms with van der Waals surface area (Å²) in [5, 5.41) is 9.13. The summed E-state index contributed by atoms with van der Waals surface area (Å²) in [4.78, 5) is 2.08. The molecule has 1 heterocycles. The molecular formula is C11H20N2O3S. The van der Waals surface area contributed by atoms with Crippen LogP contribution in [0.1, 0.15) is 19.8 Å². The lowest BCUT2D eigenvalue weighted by Crippen LogP contribution is -2.46. The molecule has 1 aliphatic heterocycles. The van der Waals surface area contributed by atoms with Gasteiger partial charge in [0.1, 0.15) is 9.84 Å². The minimum absolute atomic E-state index is 0.182.